The summed E-state index contributed by atoms with van der Waals surface area (Å²) in [6.45, 7) is 0.972. The van der Waals surface area contributed by atoms with Crippen LogP contribution in [0.4, 0.5) is 0 Å². The number of carboxylic acid groups (broad SMARTS) is 1. The van der Waals surface area contributed by atoms with E-state index in [0.29, 0.717) is 0 Å². The van der Waals surface area contributed by atoms with Gasteiger partial charge in [-0.1, -0.05) is 0 Å². The Morgan fingerprint density at radius 3 is 1.11 bits per heavy atom. The molecular formula is C2H15N4O2Pt+. The van der Waals surface area contributed by atoms with Crippen LogP contribution in [0.3, 0.4) is 0 Å². The molecule has 0 saturated heterocycles. The Morgan fingerprint density at radius 2 is 1.11 bits per heavy atom. The number of hydrogen-bond acceptors (Lipinski definition) is 6. The Morgan fingerprint density at radius 1 is 1.11 bits per heavy atom. The third-order valence-electron chi connectivity index (χ3n) is 0. The van der Waals surface area contributed by atoms with Gasteiger partial charge in [-0.05, 0) is 6.92 Å². The molecule has 0 aliphatic rings. The molecule has 0 aliphatic carbocycles. The maximum Gasteiger partial charge on any atom is 2.00 e. The van der Waals surface area contributed by atoms with Crippen molar-refractivity contribution in [3.8, 4) is 0 Å². The van der Waals surface area contributed by atoms with Crippen molar-refractivity contribution in [1.29, 1.82) is 0 Å². The predicted octanol–water partition coefficient (Wildman–Crippen LogP) is -0.598. The number of carbonyl (C=O) groups excluding carboxylic acids is 1. The van der Waals surface area contributed by atoms with Gasteiger partial charge in [-0.25, -0.2) is 0 Å². The van der Waals surface area contributed by atoms with Crippen LogP contribution in [-0.2, 0) is 25.9 Å². The van der Waals surface area contributed by atoms with Gasteiger partial charge in [0.25, 0.3) is 0 Å². The monoisotopic (exact) mass is 322 g/mol. The van der Waals surface area contributed by atoms with Gasteiger partial charge in [-0.2, -0.15) is 0 Å². The quantitative estimate of drug-likeness (QED) is 0.462. The molecule has 0 saturated carbocycles. The van der Waals surface area contributed by atoms with Gasteiger partial charge in [0.2, 0.25) is 0 Å². The first-order valence-corrected chi connectivity index (χ1v) is 0.908. The minimum Gasteiger partial charge on any atom is -0.550 e. The van der Waals surface area contributed by atoms with Crippen molar-refractivity contribution in [2.75, 3.05) is 0 Å². The Hall–Kier alpha value is -0.00169. The second-order valence-electron chi connectivity index (χ2n) is 0.492. The molecule has 0 heterocycles. The molecule has 9 heavy (non-hydrogen) atoms. The normalized spacial score (nSPS) is 2.78. The van der Waals surface area contributed by atoms with Gasteiger partial charge >= 0.3 is 21.1 Å². The summed E-state index contributed by atoms with van der Waals surface area (Å²) in [4.78, 5) is 8.89. The standard InChI is InChI=1S/C2H4O2.4H3N.Pt/c1-2(3)4;;;;;/h1H3,(H,3,4);4*1H3;/q;;;;;+2/p-1. The van der Waals surface area contributed by atoms with Crippen LogP contribution in [0.1, 0.15) is 6.92 Å². The second kappa shape index (κ2) is 43.6. The molecule has 0 amide bonds. The molecule has 0 unspecified atom stereocenters. The van der Waals surface area contributed by atoms with Crippen LogP contribution in [0.25, 0.3) is 0 Å². The first-order chi connectivity index (χ1) is 1.73. The molecule has 12 N–H and O–H groups in total. The van der Waals surface area contributed by atoms with Crippen LogP contribution >= 0.6 is 0 Å². The van der Waals surface area contributed by atoms with E-state index in [1.54, 1.807) is 0 Å². The molecule has 0 rings (SSSR count). The van der Waals surface area contributed by atoms with Gasteiger partial charge in [0, 0.05) is 5.97 Å². The summed E-state index contributed by atoms with van der Waals surface area (Å²) >= 11 is 0. The molecule has 0 radical (unpaired) electrons. The first-order valence-electron chi connectivity index (χ1n) is 0.908. The van der Waals surface area contributed by atoms with Crippen LogP contribution in [0.5, 0.6) is 0 Å². The minimum absolute atomic E-state index is 0. The maximum absolute atomic E-state index is 8.89. The van der Waals surface area contributed by atoms with Crippen molar-refractivity contribution >= 4 is 5.97 Å². The van der Waals surface area contributed by atoms with Gasteiger partial charge < -0.3 is 34.5 Å². The predicted molar refractivity (Wildman–Crippen MR) is 30.8 cm³/mol. The molecule has 0 spiro atoms. The Bertz CT molecular complexity index is 39.5. The van der Waals surface area contributed by atoms with Gasteiger partial charge in [0.05, 0.1) is 0 Å². The smallest absolute Gasteiger partial charge is 0.550 e. The third-order valence-corrected chi connectivity index (χ3v) is 0. The minimum atomic E-state index is -1.08. The van der Waals surface area contributed by atoms with Gasteiger partial charge in [-0.3, -0.25) is 0 Å². The van der Waals surface area contributed by atoms with E-state index in [2.05, 4.69) is 0 Å². The summed E-state index contributed by atoms with van der Waals surface area (Å²) in [5, 5.41) is 8.89. The average Bonchev–Trinajstić information content (AvgIpc) is 0.811. The van der Waals surface area contributed by atoms with Crippen molar-refractivity contribution in [3.05, 3.63) is 0 Å². The third kappa shape index (κ3) is 101000000. The topological polar surface area (TPSA) is 180 Å². The number of carbonyl (C=O) groups is 1. The zero-order chi connectivity index (χ0) is 3.58. The molecule has 0 aromatic carbocycles. The van der Waals surface area contributed by atoms with Crippen LogP contribution in [0.15, 0.2) is 0 Å². The zero-order valence-electron chi connectivity index (χ0n) is 5.46. The van der Waals surface area contributed by atoms with Crippen LogP contribution < -0.4 is 29.7 Å². The van der Waals surface area contributed by atoms with Crippen molar-refractivity contribution in [1.82, 2.24) is 24.6 Å². The number of aliphatic carboxylic acids is 1. The molecule has 0 aliphatic heterocycles. The van der Waals surface area contributed by atoms with Crippen molar-refractivity contribution in [2.45, 2.75) is 6.92 Å². The summed E-state index contributed by atoms with van der Waals surface area (Å²) in [7, 11) is 0. The van der Waals surface area contributed by atoms with E-state index in [0.717, 1.165) is 6.92 Å². The SMILES string of the molecule is CC(=O)[O-].N.N.N.N.[Pt+2]. The molecule has 6 nitrogen and oxygen atoms in total. The average molecular weight is 322 g/mol. The molecular weight excluding hydrogens is 307 g/mol. The molecule has 0 aromatic heterocycles. The maximum atomic E-state index is 8.89. The molecule has 0 fully saturated rings. The van der Waals surface area contributed by atoms with Crippen molar-refractivity contribution in [3.63, 3.8) is 0 Å². The van der Waals surface area contributed by atoms with E-state index in [9.17, 15) is 0 Å². The van der Waals surface area contributed by atoms with E-state index in [4.69, 9.17) is 9.90 Å². The molecule has 7 heteroatoms. The largest absolute Gasteiger partial charge is 2.00 e. The molecule has 0 bridgehead atoms. The summed E-state index contributed by atoms with van der Waals surface area (Å²) in [5.41, 5.74) is 0. The molecule has 0 aromatic rings. The van der Waals surface area contributed by atoms with Crippen LogP contribution in [-0.4, -0.2) is 5.97 Å². The number of carboxylic acids is 1. The van der Waals surface area contributed by atoms with Gasteiger partial charge in [0.15, 0.2) is 0 Å². The van der Waals surface area contributed by atoms with Crippen molar-refractivity contribution in [2.24, 2.45) is 0 Å². The first kappa shape index (κ1) is 64.0. The summed E-state index contributed by atoms with van der Waals surface area (Å²) in [6, 6.07) is 0. The Kier molecular flexibility index (Phi) is 310. The zero-order valence-corrected chi connectivity index (χ0v) is 7.73. The van der Waals surface area contributed by atoms with E-state index in [1.165, 1.54) is 0 Å². The Balaban J connectivity index is -0.00000000450. The summed E-state index contributed by atoms with van der Waals surface area (Å²) in [6.07, 6.45) is 0. The van der Waals surface area contributed by atoms with Gasteiger partial charge in [0.1, 0.15) is 0 Å². The van der Waals surface area contributed by atoms with E-state index in [1.807, 2.05) is 0 Å². The molecule has 64 valence electrons. The summed E-state index contributed by atoms with van der Waals surface area (Å²) < 4.78 is 0. The van der Waals surface area contributed by atoms with Gasteiger partial charge in [-0.15, -0.1) is 0 Å². The molecule has 0 atom stereocenters. The second-order valence-corrected chi connectivity index (χ2v) is 0.492. The van der Waals surface area contributed by atoms with Crippen LogP contribution in [0, 0.1) is 0 Å². The van der Waals surface area contributed by atoms with E-state index >= 15 is 0 Å². The fraction of sp³-hybridized carbons (Fsp3) is 0.500. The summed E-state index contributed by atoms with van der Waals surface area (Å²) in [5.74, 6) is -1.08. The van der Waals surface area contributed by atoms with Crippen LogP contribution in [0.2, 0.25) is 0 Å². The fourth-order valence-electron chi connectivity index (χ4n) is 0. The number of rotatable bonds is 0. The fourth-order valence-corrected chi connectivity index (χ4v) is 0. The van der Waals surface area contributed by atoms with E-state index in [-0.39, 0.29) is 45.7 Å². The van der Waals surface area contributed by atoms with E-state index < -0.39 is 5.97 Å². The Labute approximate surface area is 69.0 Å². The van der Waals surface area contributed by atoms with Crippen molar-refractivity contribution < 1.29 is 31.0 Å². The number of hydrogen-bond donors (Lipinski definition) is 4.